The van der Waals surface area contributed by atoms with Crippen LogP contribution in [0.2, 0.25) is 0 Å². The van der Waals surface area contributed by atoms with E-state index in [4.69, 9.17) is 0 Å². The molecule has 0 amide bonds. The first-order valence-corrected chi connectivity index (χ1v) is 9.35. The van der Waals surface area contributed by atoms with E-state index in [1.54, 1.807) is 0 Å². The molecule has 0 aromatic heterocycles. The molecule has 0 nitrogen and oxygen atoms in total. The van der Waals surface area contributed by atoms with Crippen molar-refractivity contribution in [2.75, 3.05) is 0 Å². The molecule has 0 aromatic carbocycles. The van der Waals surface area contributed by atoms with Crippen molar-refractivity contribution in [2.24, 2.45) is 0 Å². The van der Waals surface area contributed by atoms with E-state index >= 15 is 0 Å². The van der Waals surface area contributed by atoms with Gasteiger partial charge in [-0.2, -0.15) is 0 Å². The van der Waals surface area contributed by atoms with Gasteiger partial charge in [-0.15, -0.1) is 0 Å². The third kappa shape index (κ3) is 23.7. The standard InChI is InChI=1S/2CH4.2HI.V/h2*1H4;2*1H;/q;;;;+2/p-2. The Bertz CT molecular complexity index is 7.61. The molecule has 0 spiro atoms. The van der Waals surface area contributed by atoms with Crippen LogP contribution in [-0.2, 0) is 9.47 Å². The summed E-state index contributed by atoms with van der Waals surface area (Å²) < 4.78 is 0. The molecule has 0 atom stereocenters. The van der Waals surface area contributed by atoms with Gasteiger partial charge in [0.1, 0.15) is 0 Å². The molecule has 0 aliphatic carbocycles. The molecule has 0 fully saturated rings. The Balaban J connectivity index is -0.0000000200. The summed E-state index contributed by atoms with van der Waals surface area (Å²) in [5.41, 5.74) is 0. The van der Waals surface area contributed by atoms with Gasteiger partial charge in [0, 0.05) is 0 Å². The first-order chi connectivity index (χ1) is 1.41. The zero-order valence-corrected chi connectivity index (χ0v) is 6.91. The van der Waals surface area contributed by atoms with Crippen LogP contribution in [0.25, 0.3) is 0 Å². The predicted octanol–water partition coefficient (Wildman–Crippen LogP) is 3.04. The number of rotatable bonds is 0. The quantitative estimate of drug-likeness (QED) is 0.596. The Morgan fingerprint density at radius 2 is 1.00 bits per heavy atom. The van der Waals surface area contributed by atoms with Crippen molar-refractivity contribution in [2.45, 2.75) is 14.9 Å². The minimum atomic E-state index is 0. The molecule has 0 N–H and O–H groups in total. The SMILES string of the molecule is C.C.[I][V][I]. The van der Waals surface area contributed by atoms with E-state index in [0.717, 1.165) is 0 Å². The molecule has 0 saturated heterocycles. The van der Waals surface area contributed by atoms with Crippen molar-refractivity contribution in [1.82, 2.24) is 0 Å². The van der Waals surface area contributed by atoms with Crippen LogP contribution in [0.15, 0.2) is 0 Å². The van der Waals surface area contributed by atoms with Gasteiger partial charge >= 0.3 is 49.4 Å². The molecule has 5 heavy (non-hydrogen) atoms. The average Bonchev–Trinajstić information content (AvgIpc) is 0.918. The Morgan fingerprint density at radius 1 is 1.00 bits per heavy atom. The third-order valence-electron chi connectivity index (χ3n) is 0. The normalized spacial score (nSPS) is 2.80. The number of hydrogen-bond acceptors (Lipinski definition) is 0. The Morgan fingerprint density at radius 3 is 1.00 bits per heavy atom. The molecule has 0 aromatic rings. The van der Waals surface area contributed by atoms with E-state index in [2.05, 4.69) is 40.0 Å². The summed E-state index contributed by atoms with van der Waals surface area (Å²) in [6, 6.07) is 0. The Labute approximate surface area is 63.3 Å². The molecular weight excluding hydrogens is 329 g/mol. The summed E-state index contributed by atoms with van der Waals surface area (Å²) in [6.45, 7) is 0. The van der Waals surface area contributed by atoms with Crippen molar-refractivity contribution in [1.29, 1.82) is 0 Å². The van der Waals surface area contributed by atoms with E-state index in [1.807, 2.05) is 0 Å². The first-order valence-electron chi connectivity index (χ1n) is 0.338. The zero-order chi connectivity index (χ0) is 2.71. The molecule has 0 unspecified atom stereocenters. The fourth-order valence-corrected chi connectivity index (χ4v) is 0. The summed E-state index contributed by atoms with van der Waals surface area (Å²) >= 11 is 4.74. The van der Waals surface area contributed by atoms with E-state index in [9.17, 15) is 0 Å². The van der Waals surface area contributed by atoms with Crippen LogP contribution in [0, 0.1) is 0 Å². The van der Waals surface area contributed by atoms with Gasteiger partial charge < -0.3 is 0 Å². The van der Waals surface area contributed by atoms with Crippen LogP contribution in [0.3, 0.4) is 0 Å². The molecule has 0 saturated carbocycles. The second kappa shape index (κ2) is 16.6. The van der Waals surface area contributed by atoms with Crippen molar-refractivity contribution in [3.8, 4) is 0 Å². The van der Waals surface area contributed by atoms with Crippen LogP contribution in [0.4, 0.5) is 0 Å². The van der Waals surface area contributed by atoms with Crippen LogP contribution < -0.4 is 0 Å². The van der Waals surface area contributed by atoms with E-state index in [-0.39, 0.29) is 14.9 Å². The van der Waals surface area contributed by atoms with Gasteiger partial charge in [0.15, 0.2) is 0 Å². The van der Waals surface area contributed by atoms with E-state index in [0.29, 0.717) is 9.47 Å². The minimum absolute atomic E-state index is 0. The van der Waals surface area contributed by atoms with E-state index < -0.39 is 0 Å². The summed E-state index contributed by atoms with van der Waals surface area (Å²) in [5.74, 6) is 0. The van der Waals surface area contributed by atoms with Gasteiger partial charge in [0.25, 0.3) is 0 Å². The van der Waals surface area contributed by atoms with Crippen molar-refractivity contribution >= 4 is 40.0 Å². The maximum atomic E-state index is 2.37. The van der Waals surface area contributed by atoms with Gasteiger partial charge in [-0.3, -0.25) is 0 Å². The Hall–Kier alpha value is 2.04. The maximum absolute atomic E-state index is 2.37. The topological polar surface area (TPSA) is 0 Å². The zero-order valence-electron chi connectivity index (χ0n) is 1.20. The van der Waals surface area contributed by atoms with Crippen LogP contribution in [0.5, 0.6) is 0 Å². The summed E-state index contributed by atoms with van der Waals surface area (Å²) in [6.07, 6.45) is 0. The van der Waals surface area contributed by atoms with Crippen molar-refractivity contribution in [3.05, 3.63) is 0 Å². The molecule has 0 bridgehead atoms. The molecule has 0 heterocycles. The molecule has 3 heteroatoms. The predicted molar refractivity (Wildman–Crippen MR) is 41.5 cm³/mol. The molecule has 0 rings (SSSR count). The van der Waals surface area contributed by atoms with Crippen molar-refractivity contribution in [3.63, 3.8) is 0 Å². The van der Waals surface area contributed by atoms with Gasteiger partial charge in [-0.25, -0.2) is 0 Å². The van der Waals surface area contributed by atoms with Gasteiger partial charge in [-0.1, -0.05) is 14.9 Å². The number of hydrogen-bond donors (Lipinski definition) is 0. The first kappa shape index (κ1) is 15.7. The van der Waals surface area contributed by atoms with Crippen LogP contribution in [-0.4, -0.2) is 0 Å². The molecule has 0 radical (unpaired) electrons. The fourth-order valence-electron chi connectivity index (χ4n) is 0. The molecule has 0 aliphatic heterocycles. The van der Waals surface area contributed by atoms with Crippen molar-refractivity contribution < 1.29 is 9.47 Å². The van der Waals surface area contributed by atoms with Crippen LogP contribution in [0.1, 0.15) is 14.9 Å². The second-order valence-electron chi connectivity index (χ2n) is 0.0639. The second-order valence-corrected chi connectivity index (χ2v) is 11.9. The summed E-state index contributed by atoms with van der Waals surface area (Å²) in [4.78, 5) is 0. The van der Waals surface area contributed by atoms with Gasteiger partial charge in [-0.05, 0) is 0 Å². The Kier molecular flexibility index (Phi) is 52.2. The fraction of sp³-hybridized carbons (Fsp3) is 1.00. The van der Waals surface area contributed by atoms with Gasteiger partial charge in [0.05, 0.1) is 0 Å². The third-order valence-corrected chi connectivity index (χ3v) is 0. The van der Waals surface area contributed by atoms with Gasteiger partial charge in [0.2, 0.25) is 0 Å². The molecule has 0 aliphatic rings. The summed E-state index contributed by atoms with van der Waals surface area (Å²) in [5, 5.41) is 0. The summed E-state index contributed by atoms with van der Waals surface area (Å²) in [7, 11) is 0.628. The average molecular weight is 337 g/mol. The monoisotopic (exact) mass is 337 g/mol. The van der Waals surface area contributed by atoms with Crippen LogP contribution >= 0.6 is 40.0 Å². The number of halogens is 2. The molecule has 35 valence electrons. The van der Waals surface area contributed by atoms with E-state index in [1.165, 1.54) is 0 Å². The molecular formula is C2H8I2V.